The Bertz CT molecular complexity index is 550. The molecule has 18 heavy (non-hydrogen) atoms. The van der Waals surface area contributed by atoms with E-state index in [4.69, 9.17) is 0 Å². The van der Waals surface area contributed by atoms with Crippen LogP contribution in [0.3, 0.4) is 0 Å². The topological polar surface area (TPSA) is 49.3 Å². The zero-order valence-electron chi connectivity index (χ0n) is 10.2. The van der Waals surface area contributed by atoms with Gasteiger partial charge in [0.15, 0.2) is 0 Å². The van der Waals surface area contributed by atoms with Gasteiger partial charge in [-0.15, -0.1) is 0 Å². The fraction of sp³-hybridized carbons (Fsp3) is 0.133. The molecular formula is C15H15NO2. The zero-order valence-corrected chi connectivity index (χ0v) is 10.2. The number of benzene rings is 2. The minimum atomic E-state index is -0.183. The molecule has 0 atom stereocenters. The molecule has 0 spiro atoms. The van der Waals surface area contributed by atoms with Crippen LogP contribution in [0.15, 0.2) is 48.5 Å². The molecule has 0 saturated heterocycles. The second-order valence-electron chi connectivity index (χ2n) is 4.08. The standard InChI is InChI=1S/C15H15NO2/c1-16-15(18)14-10-13(17)8-7-12(14)9-11-5-3-2-4-6-11/h2-8,10,17H,9H2,1H3,(H,16,18). The summed E-state index contributed by atoms with van der Waals surface area (Å²) >= 11 is 0. The monoisotopic (exact) mass is 241 g/mol. The lowest BCUT2D eigenvalue weighted by Crippen LogP contribution is -2.19. The van der Waals surface area contributed by atoms with Crippen LogP contribution >= 0.6 is 0 Å². The van der Waals surface area contributed by atoms with Crippen molar-refractivity contribution in [2.75, 3.05) is 7.05 Å². The number of phenolic OH excluding ortho intramolecular Hbond substituents is 1. The van der Waals surface area contributed by atoms with Crippen molar-refractivity contribution in [2.45, 2.75) is 6.42 Å². The Morgan fingerprint density at radius 3 is 2.56 bits per heavy atom. The predicted molar refractivity (Wildman–Crippen MR) is 70.7 cm³/mol. The van der Waals surface area contributed by atoms with Gasteiger partial charge in [-0.1, -0.05) is 36.4 Å². The lowest BCUT2D eigenvalue weighted by molar-refractivity contribution is 0.0962. The first-order chi connectivity index (χ1) is 8.70. The van der Waals surface area contributed by atoms with E-state index in [1.807, 2.05) is 30.3 Å². The number of phenols is 1. The van der Waals surface area contributed by atoms with E-state index < -0.39 is 0 Å². The van der Waals surface area contributed by atoms with Crippen molar-refractivity contribution in [1.29, 1.82) is 0 Å². The maximum atomic E-state index is 11.8. The summed E-state index contributed by atoms with van der Waals surface area (Å²) in [5.41, 5.74) is 2.55. The zero-order chi connectivity index (χ0) is 13.0. The smallest absolute Gasteiger partial charge is 0.251 e. The predicted octanol–water partition coefficient (Wildman–Crippen LogP) is 2.34. The Morgan fingerprint density at radius 2 is 1.89 bits per heavy atom. The number of amides is 1. The number of aromatic hydroxyl groups is 1. The van der Waals surface area contributed by atoms with Gasteiger partial charge in [-0.2, -0.15) is 0 Å². The van der Waals surface area contributed by atoms with E-state index in [9.17, 15) is 9.90 Å². The summed E-state index contributed by atoms with van der Waals surface area (Å²) < 4.78 is 0. The highest BCUT2D eigenvalue weighted by Gasteiger charge is 2.11. The number of rotatable bonds is 3. The van der Waals surface area contributed by atoms with Crippen LogP contribution in [-0.2, 0) is 6.42 Å². The van der Waals surface area contributed by atoms with E-state index in [2.05, 4.69) is 5.32 Å². The fourth-order valence-electron chi connectivity index (χ4n) is 1.88. The fourth-order valence-corrected chi connectivity index (χ4v) is 1.88. The van der Waals surface area contributed by atoms with Crippen molar-refractivity contribution in [3.8, 4) is 5.75 Å². The van der Waals surface area contributed by atoms with E-state index in [-0.39, 0.29) is 11.7 Å². The third-order valence-electron chi connectivity index (χ3n) is 2.80. The summed E-state index contributed by atoms with van der Waals surface area (Å²) in [5.74, 6) is -0.0813. The number of hydrogen-bond donors (Lipinski definition) is 2. The van der Waals surface area contributed by atoms with Crippen LogP contribution < -0.4 is 5.32 Å². The molecule has 0 unspecified atom stereocenters. The van der Waals surface area contributed by atoms with Crippen molar-refractivity contribution in [3.63, 3.8) is 0 Å². The maximum absolute atomic E-state index is 11.8. The van der Waals surface area contributed by atoms with Crippen LogP contribution in [0.5, 0.6) is 5.75 Å². The van der Waals surface area contributed by atoms with E-state index in [1.165, 1.54) is 6.07 Å². The summed E-state index contributed by atoms with van der Waals surface area (Å²) in [6.45, 7) is 0. The van der Waals surface area contributed by atoms with Crippen molar-refractivity contribution in [2.24, 2.45) is 0 Å². The van der Waals surface area contributed by atoms with Crippen LogP contribution in [-0.4, -0.2) is 18.1 Å². The average Bonchev–Trinajstić information content (AvgIpc) is 2.41. The number of carbonyl (C=O) groups is 1. The second kappa shape index (κ2) is 5.36. The maximum Gasteiger partial charge on any atom is 0.251 e. The van der Waals surface area contributed by atoms with Crippen LogP contribution in [0.25, 0.3) is 0 Å². The molecule has 0 radical (unpaired) electrons. The van der Waals surface area contributed by atoms with Gasteiger partial charge < -0.3 is 10.4 Å². The summed E-state index contributed by atoms with van der Waals surface area (Å²) in [6, 6.07) is 14.8. The first kappa shape index (κ1) is 12.2. The van der Waals surface area contributed by atoms with Crippen LogP contribution in [0.2, 0.25) is 0 Å². The van der Waals surface area contributed by atoms with Crippen molar-refractivity contribution in [3.05, 3.63) is 65.2 Å². The molecule has 0 heterocycles. The molecule has 3 nitrogen and oxygen atoms in total. The SMILES string of the molecule is CNC(=O)c1cc(O)ccc1Cc1ccccc1. The summed E-state index contributed by atoms with van der Waals surface area (Å²) in [6.07, 6.45) is 0.671. The minimum Gasteiger partial charge on any atom is -0.508 e. The third-order valence-corrected chi connectivity index (χ3v) is 2.80. The van der Waals surface area contributed by atoms with Gasteiger partial charge >= 0.3 is 0 Å². The van der Waals surface area contributed by atoms with Crippen LogP contribution in [0.4, 0.5) is 0 Å². The lowest BCUT2D eigenvalue weighted by atomic mass is 9.99. The number of carbonyl (C=O) groups excluding carboxylic acids is 1. The molecule has 0 aromatic heterocycles. The number of hydrogen-bond acceptors (Lipinski definition) is 2. The van der Waals surface area contributed by atoms with Gasteiger partial charge in [-0.05, 0) is 29.7 Å². The first-order valence-corrected chi connectivity index (χ1v) is 5.78. The largest absolute Gasteiger partial charge is 0.508 e. The Balaban J connectivity index is 2.35. The van der Waals surface area contributed by atoms with Crippen molar-refractivity contribution < 1.29 is 9.90 Å². The average molecular weight is 241 g/mol. The molecule has 3 heteroatoms. The highest BCUT2D eigenvalue weighted by molar-refractivity contribution is 5.96. The highest BCUT2D eigenvalue weighted by Crippen LogP contribution is 2.19. The van der Waals surface area contributed by atoms with Crippen LogP contribution in [0, 0.1) is 0 Å². The molecule has 2 aromatic carbocycles. The second-order valence-corrected chi connectivity index (χ2v) is 4.08. The molecule has 2 rings (SSSR count). The lowest BCUT2D eigenvalue weighted by Gasteiger charge is -2.09. The number of nitrogens with one attached hydrogen (secondary N) is 1. The van der Waals surface area contributed by atoms with Gasteiger partial charge in [0.2, 0.25) is 0 Å². The molecular weight excluding hydrogens is 226 g/mol. The van der Waals surface area contributed by atoms with Crippen molar-refractivity contribution in [1.82, 2.24) is 5.32 Å². The molecule has 0 aliphatic heterocycles. The van der Waals surface area contributed by atoms with E-state index in [0.717, 1.165) is 11.1 Å². The molecule has 0 aliphatic carbocycles. The van der Waals surface area contributed by atoms with E-state index in [0.29, 0.717) is 12.0 Å². The van der Waals surface area contributed by atoms with Crippen molar-refractivity contribution >= 4 is 5.91 Å². The molecule has 1 amide bonds. The molecule has 0 aliphatic rings. The van der Waals surface area contributed by atoms with Gasteiger partial charge in [0.1, 0.15) is 5.75 Å². The highest BCUT2D eigenvalue weighted by atomic mass is 16.3. The Labute approximate surface area is 106 Å². The van der Waals surface area contributed by atoms with Gasteiger partial charge in [0.05, 0.1) is 0 Å². The van der Waals surface area contributed by atoms with Gasteiger partial charge in [0.25, 0.3) is 5.91 Å². The minimum absolute atomic E-state index is 0.102. The normalized spacial score (nSPS) is 10.1. The third kappa shape index (κ3) is 2.69. The van der Waals surface area contributed by atoms with Gasteiger partial charge in [0, 0.05) is 12.6 Å². The van der Waals surface area contributed by atoms with Gasteiger partial charge in [-0.25, -0.2) is 0 Å². The molecule has 0 fully saturated rings. The summed E-state index contributed by atoms with van der Waals surface area (Å²) in [5, 5.41) is 12.1. The molecule has 2 N–H and O–H groups in total. The molecule has 92 valence electrons. The van der Waals surface area contributed by atoms with Crippen LogP contribution in [0.1, 0.15) is 21.5 Å². The van der Waals surface area contributed by atoms with E-state index in [1.54, 1.807) is 19.2 Å². The summed E-state index contributed by atoms with van der Waals surface area (Å²) in [4.78, 5) is 11.8. The Hall–Kier alpha value is -2.29. The molecule has 2 aromatic rings. The first-order valence-electron chi connectivity index (χ1n) is 5.78. The Morgan fingerprint density at radius 1 is 1.17 bits per heavy atom. The Kier molecular flexibility index (Phi) is 3.63. The van der Waals surface area contributed by atoms with Gasteiger partial charge in [-0.3, -0.25) is 4.79 Å². The molecule has 0 bridgehead atoms. The quantitative estimate of drug-likeness (QED) is 0.866. The van der Waals surface area contributed by atoms with E-state index >= 15 is 0 Å². The summed E-state index contributed by atoms with van der Waals surface area (Å²) in [7, 11) is 1.58. The molecule has 0 saturated carbocycles.